The quantitative estimate of drug-likeness (QED) is 0.365. The normalized spacial score (nSPS) is 11.6. The molecule has 0 radical (unpaired) electrons. The summed E-state index contributed by atoms with van der Waals surface area (Å²) in [5.74, 6) is -0.925. The summed E-state index contributed by atoms with van der Waals surface area (Å²) < 4.78 is 71.9. The molecule has 202 valence electrons. The highest BCUT2D eigenvalue weighted by molar-refractivity contribution is 7.89. The summed E-state index contributed by atoms with van der Waals surface area (Å²) in [4.78, 5) is 24.6. The standard InChI is InChI=1S/C22H29BN2O10S2/c1-13(2)32-19-11-15(7-9-17(19)21(26)24-36(5,28)29)34-23-35-16-8-10-18(20(12-16)33-14(3)4)22(27)25-37(6,30)31/h7-14,23H,1-6H3,(H,24,26)(H,25,27). The van der Waals surface area contributed by atoms with E-state index in [0.717, 1.165) is 12.5 Å². The van der Waals surface area contributed by atoms with Gasteiger partial charge in [-0.25, -0.2) is 26.3 Å². The minimum absolute atomic E-state index is 0.00540. The average Bonchev–Trinajstić information content (AvgIpc) is 2.70. The van der Waals surface area contributed by atoms with Crippen LogP contribution in [0.3, 0.4) is 0 Å². The van der Waals surface area contributed by atoms with Gasteiger partial charge in [-0.15, -0.1) is 0 Å². The van der Waals surface area contributed by atoms with Gasteiger partial charge < -0.3 is 18.8 Å². The fourth-order valence-corrected chi connectivity index (χ4v) is 3.77. The van der Waals surface area contributed by atoms with Gasteiger partial charge >= 0.3 is 7.69 Å². The Balaban J connectivity index is 2.19. The molecule has 0 aromatic heterocycles. The number of rotatable bonds is 12. The van der Waals surface area contributed by atoms with E-state index in [-0.39, 0.29) is 54.0 Å². The van der Waals surface area contributed by atoms with Crippen LogP contribution in [0.15, 0.2) is 36.4 Å². The summed E-state index contributed by atoms with van der Waals surface area (Å²) in [6, 6.07) is 8.45. The molecule has 0 atom stereocenters. The van der Waals surface area contributed by atoms with Crippen molar-refractivity contribution in [3.8, 4) is 23.0 Å². The number of hydrogen-bond donors (Lipinski definition) is 2. The maximum Gasteiger partial charge on any atom is 0.576 e. The van der Waals surface area contributed by atoms with Gasteiger partial charge in [0.25, 0.3) is 11.8 Å². The predicted molar refractivity (Wildman–Crippen MR) is 137 cm³/mol. The van der Waals surface area contributed by atoms with Crippen molar-refractivity contribution in [2.45, 2.75) is 39.9 Å². The number of ether oxygens (including phenoxy) is 2. The van der Waals surface area contributed by atoms with Gasteiger partial charge in [-0.2, -0.15) is 0 Å². The van der Waals surface area contributed by atoms with E-state index in [1.165, 1.54) is 36.4 Å². The maximum atomic E-state index is 12.3. The minimum Gasteiger partial charge on any atom is -0.528 e. The van der Waals surface area contributed by atoms with Crippen molar-refractivity contribution in [2.75, 3.05) is 12.5 Å². The molecule has 2 aromatic carbocycles. The Morgan fingerprint density at radius 3 is 1.35 bits per heavy atom. The second-order valence-corrected chi connectivity index (χ2v) is 12.0. The predicted octanol–water partition coefficient (Wildman–Crippen LogP) is 1.36. The Morgan fingerprint density at radius 2 is 1.05 bits per heavy atom. The van der Waals surface area contributed by atoms with E-state index in [1.54, 1.807) is 27.7 Å². The first-order chi connectivity index (χ1) is 17.0. The molecule has 2 rings (SSSR count). The van der Waals surface area contributed by atoms with Crippen LogP contribution in [0.5, 0.6) is 23.0 Å². The number of benzene rings is 2. The van der Waals surface area contributed by atoms with Gasteiger partial charge in [-0.1, -0.05) is 0 Å². The molecule has 0 saturated heterocycles. The van der Waals surface area contributed by atoms with E-state index < -0.39 is 31.9 Å². The van der Waals surface area contributed by atoms with Crippen LogP contribution < -0.4 is 28.2 Å². The molecule has 2 amide bonds. The van der Waals surface area contributed by atoms with Gasteiger partial charge in [-0.3, -0.25) is 9.59 Å². The molecule has 0 fully saturated rings. The molecule has 0 spiro atoms. The van der Waals surface area contributed by atoms with E-state index in [2.05, 4.69) is 0 Å². The number of amides is 2. The summed E-state index contributed by atoms with van der Waals surface area (Å²) in [5, 5.41) is 0. The van der Waals surface area contributed by atoms with Crippen molar-refractivity contribution in [1.82, 2.24) is 9.44 Å². The lowest BCUT2D eigenvalue weighted by atomic mass is 10.1. The summed E-state index contributed by atoms with van der Waals surface area (Å²) in [6.45, 7) is 6.97. The first-order valence-corrected chi connectivity index (χ1v) is 14.7. The molecular weight excluding hydrogens is 527 g/mol. The zero-order valence-electron chi connectivity index (χ0n) is 21.2. The van der Waals surface area contributed by atoms with Gasteiger partial charge in [0.05, 0.1) is 35.8 Å². The van der Waals surface area contributed by atoms with Crippen LogP contribution in [0.4, 0.5) is 0 Å². The van der Waals surface area contributed by atoms with Crippen LogP contribution in [-0.4, -0.2) is 61.1 Å². The first-order valence-electron chi connectivity index (χ1n) is 11.0. The maximum absolute atomic E-state index is 12.3. The Morgan fingerprint density at radius 1 is 0.703 bits per heavy atom. The molecule has 0 aliphatic carbocycles. The number of nitrogens with one attached hydrogen (secondary N) is 2. The second-order valence-electron chi connectivity index (χ2n) is 8.46. The third kappa shape index (κ3) is 10.2. The highest BCUT2D eigenvalue weighted by atomic mass is 32.2. The van der Waals surface area contributed by atoms with Crippen molar-refractivity contribution < 1.29 is 45.2 Å². The van der Waals surface area contributed by atoms with Gasteiger partial charge in [0.2, 0.25) is 20.0 Å². The van der Waals surface area contributed by atoms with Crippen LogP contribution in [0.2, 0.25) is 0 Å². The summed E-state index contributed by atoms with van der Waals surface area (Å²) in [5.41, 5.74) is 0.0108. The Kier molecular flexibility index (Phi) is 9.81. The van der Waals surface area contributed by atoms with Crippen LogP contribution in [0.1, 0.15) is 48.4 Å². The number of sulfonamides is 2. The van der Waals surface area contributed by atoms with Crippen LogP contribution >= 0.6 is 0 Å². The molecule has 37 heavy (non-hydrogen) atoms. The van der Waals surface area contributed by atoms with Crippen molar-refractivity contribution in [2.24, 2.45) is 0 Å². The molecule has 0 aliphatic heterocycles. The third-order valence-corrected chi connectivity index (χ3v) is 5.24. The molecule has 0 saturated carbocycles. The van der Waals surface area contributed by atoms with E-state index >= 15 is 0 Å². The lowest BCUT2D eigenvalue weighted by Crippen LogP contribution is -2.30. The number of carbonyl (C=O) groups is 2. The number of carbonyl (C=O) groups excluding carboxylic acids is 2. The minimum atomic E-state index is -3.77. The second kappa shape index (κ2) is 12.2. The van der Waals surface area contributed by atoms with Crippen molar-refractivity contribution in [3.63, 3.8) is 0 Å². The van der Waals surface area contributed by atoms with Gasteiger partial charge in [0.1, 0.15) is 23.0 Å². The van der Waals surface area contributed by atoms with E-state index in [1.807, 2.05) is 9.44 Å². The van der Waals surface area contributed by atoms with Crippen LogP contribution in [0, 0.1) is 0 Å². The zero-order chi connectivity index (χ0) is 28.0. The molecular formula is C22H29BN2O10S2. The largest absolute Gasteiger partial charge is 0.576 e. The molecule has 15 heteroatoms. The summed E-state index contributed by atoms with van der Waals surface area (Å²) in [6.07, 6.45) is 1.11. The molecule has 0 aliphatic rings. The highest BCUT2D eigenvalue weighted by Gasteiger charge is 2.20. The van der Waals surface area contributed by atoms with Crippen molar-refractivity contribution >= 4 is 39.5 Å². The Labute approximate surface area is 217 Å². The van der Waals surface area contributed by atoms with Crippen LogP contribution in [0.25, 0.3) is 0 Å². The molecule has 0 bridgehead atoms. The summed E-state index contributed by atoms with van der Waals surface area (Å²) in [7, 11) is -7.83. The average molecular weight is 556 g/mol. The molecule has 2 N–H and O–H groups in total. The smallest absolute Gasteiger partial charge is 0.528 e. The van der Waals surface area contributed by atoms with Crippen LogP contribution in [-0.2, 0) is 20.0 Å². The fraction of sp³-hybridized carbons (Fsp3) is 0.364. The molecule has 12 nitrogen and oxygen atoms in total. The molecule has 2 aromatic rings. The van der Waals surface area contributed by atoms with E-state index in [4.69, 9.17) is 18.8 Å². The third-order valence-electron chi connectivity index (χ3n) is 4.13. The Bertz CT molecular complexity index is 1260. The topological polar surface area (TPSA) is 163 Å². The van der Waals surface area contributed by atoms with Gasteiger partial charge in [0, 0.05) is 12.1 Å². The summed E-state index contributed by atoms with van der Waals surface area (Å²) >= 11 is 0. The lowest BCUT2D eigenvalue weighted by Gasteiger charge is -2.17. The Hall–Kier alpha value is -3.46. The van der Waals surface area contributed by atoms with Crippen molar-refractivity contribution in [1.29, 1.82) is 0 Å². The first kappa shape index (κ1) is 29.8. The highest BCUT2D eigenvalue weighted by Crippen LogP contribution is 2.28. The lowest BCUT2D eigenvalue weighted by molar-refractivity contribution is 0.0966. The van der Waals surface area contributed by atoms with E-state index in [0.29, 0.717) is 0 Å². The fourth-order valence-electron chi connectivity index (χ4n) is 2.88. The van der Waals surface area contributed by atoms with E-state index in [9.17, 15) is 26.4 Å². The molecule has 0 heterocycles. The zero-order valence-corrected chi connectivity index (χ0v) is 22.9. The monoisotopic (exact) mass is 556 g/mol. The number of hydrogen-bond acceptors (Lipinski definition) is 10. The van der Waals surface area contributed by atoms with Gasteiger partial charge in [0.15, 0.2) is 0 Å². The van der Waals surface area contributed by atoms with Gasteiger partial charge in [-0.05, 0) is 52.0 Å². The molecule has 0 unspecified atom stereocenters. The van der Waals surface area contributed by atoms with Crippen molar-refractivity contribution in [3.05, 3.63) is 47.5 Å². The SMILES string of the molecule is CC(C)Oc1cc(OBOc2ccc(C(=O)NS(C)(=O)=O)c(OC(C)C)c2)ccc1C(=O)NS(C)(=O)=O.